The van der Waals surface area contributed by atoms with Crippen LogP contribution in [0.1, 0.15) is 16.7 Å². The summed E-state index contributed by atoms with van der Waals surface area (Å²) >= 11 is 0. The number of hydrogen-bond donors (Lipinski definition) is 1. The molecule has 2 aromatic rings. The van der Waals surface area contributed by atoms with Crippen molar-refractivity contribution in [2.24, 2.45) is 0 Å². The third-order valence-electron chi connectivity index (χ3n) is 3.22. The monoisotopic (exact) mass is 285 g/mol. The number of benzene rings is 2. The zero-order valence-electron chi connectivity index (χ0n) is 12.8. The van der Waals surface area contributed by atoms with Crippen LogP contribution < -0.4 is 10.1 Å². The molecule has 1 N–H and O–H groups in total. The van der Waals surface area contributed by atoms with E-state index in [0.29, 0.717) is 6.61 Å². The quantitative estimate of drug-likeness (QED) is 0.755. The highest BCUT2D eigenvalue weighted by Gasteiger charge is 1.98. The van der Waals surface area contributed by atoms with Crippen molar-refractivity contribution in [3.8, 4) is 5.75 Å². The van der Waals surface area contributed by atoms with Crippen LogP contribution >= 0.6 is 0 Å². The Balaban J connectivity index is 1.79. The molecule has 0 unspecified atom stereocenters. The van der Waals surface area contributed by atoms with Crippen LogP contribution in [0.3, 0.4) is 0 Å². The number of hydrogen-bond acceptors (Lipinski definition) is 3. The van der Waals surface area contributed by atoms with Gasteiger partial charge in [0.15, 0.2) is 0 Å². The Hall–Kier alpha value is -1.84. The van der Waals surface area contributed by atoms with E-state index in [1.54, 1.807) is 7.11 Å². The Morgan fingerprint density at radius 1 is 1.00 bits per heavy atom. The van der Waals surface area contributed by atoms with Gasteiger partial charge in [-0.1, -0.05) is 42.0 Å². The largest absolute Gasteiger partial charge is 0.489 e. The highest BCUT2D eigenvalue weighted by atomic mass is 16.5. The normalized spacial score (nSPS) is 10.6. The second kappa shape index (κ2) is 8.45. The lowest BCUT2D eigenvalue weighted by molar-refractivity contribution is 0.199. The van der Waals surface area contributed by atoms with Crippen molar-refractivity contribution in [1.29, 1.82) is 0 Å². The van der Waals surface area contributed by atoms with Gasteiger partial charge in [-0.05, 0) is 30.2 Å². The van der Waals surface area contributed by atoms with Crippen LogP contribution in [0.2, 0.25) is 0 Å². The van der Waals surface area contributed by atoms with Crippen LogP contribution in [0.15, 0.2) is 48.5 Å². The van der Waals surface area contributed by atoms with Crippen LogP contribution in [0.5, 0.6) is 5.75 Å². The molecular formula is C18H23NO2. The molecular weight excluding hydrogens is 262 g/mol. The lowest BCUT2D eigenvalue weighted by Crippen LogP contribution is -2.18. The summed E-state index contributed by atoms with van der Waals surface area (Å²) in [6.07, 6.45) is 0. The van der Waals surface area contributed by atoms with E-state index in [-0.39, 0.29) is 0 Å². The second-order valence-corrected chi connectivity index (χ2v) is 5.09. The maximum absolute atomic E-state index is 5.80. The molecule has 0 saturated carbocycles. The fraction of sp³-hybridized carbons (Fsp3) is 0.333. The van der Waals surface area contributed by atoms with Gasteiger partial charge in [-0.2, -0.15) is 0 Å². The summed E-state index contributed by atoms with van der Waals surface area (Å²) in [5.41, 5.74) is 3.70. The standard InChI is InChI=1S/C18H23NO2/c1-15-4-3-5-17(12-15)14-21-18-8-6-16(7-9-18)13-19-10-11-20-2/h3-9,12,19H,10-11,13-14H2,1-2H3. The van der Waals surface area contributed by atoms with Gasteiger partial charge in [0, 0.05) is 20.2 Å². The number of nitrogens with one attached hydrogen (secondary N) is 1. The molecule has 2 aromatic carbocycles. The molecule has 0 radical (unpaired) electrons. The maximum Gasteiger partial charge on any atom is 0.119 e. The van der Waals surface area contributed by atoms with Crippen molar-refractivity contribution in [1.82, 2.24) is 5.32 Å². The minimum absolute atomic E-state index is 0.604. The summed E-state index contributed by atoms with van der Waals surface area (Å²) in [5, 5.41) is 3.32. The van der Waals surface area contributed by atoms with Crippen molar-refractivity contribution in [2.75, 3.05) is 20.3 Å². The van der Waals surface area contributed by atoms with E-state index < -0.39 is 0 Å². The molecule has 3 nitrogen and oxygen atoms in total. The lowest BCUT2D eigenvalue weighted by atomic mass is 10.1. The third kappa shape index (κ3) is 5.58. The van der Waals surface area contributed by atoms with E-state index >= 15 is 0 Å². The number of rotatable bonds is 8. The zero-order valence-corrected chi connectivity index (χ0v) is 12.8. The van der Waals surface area contributed by atoms with E-state index in [2.05, 4.69) is 48.6 Å². The lowest BCUT2D eigenvalue weighted by Gasteiger charge is -2.08. The molecule has 0 amide bonds. The Labute approximate surface area is 126 Å². The molecule has 0 aliphatic rings. The van der Waals surface area contributed by atoms with Gasteiger partial charge in [-0.25, -0.2) is 0 Å². The van der Waals surface area contributed by atoms with Gasteiger partial charge >= 0.3 is 0 Å². The minimum atomic E-state index is 0.604. The van der Waals surface area contributed by atoms with Crippen LogP contribution in [0.4, 0.5) is 0 Å². The Morgan fingerprint density at radius 3 is 2.52 bits per heavy atom. The maximum atomic E-state index is 5.80. The number of methoxy groups -OCH3 is 1. The van der Waals surface area contributed by atoms with Crippen molar-refractivity contribution < 1.29 is 9.47 Å². The van der Waals surface area contributed by atoms with Gasteiger partial charge in [-0.3, -0.25) is 0 Å². The van der Waals surface area contributed by atoms with Gasteiger partial charge in [0.1, 0.15) is 12.4 Å². The third-order valence-corrected chi connectivity index (χ3v) is 3.22. The first-order valence-electron chi connectivity index (χ1n) is 7.25. The van der Waals surface area contributed by atoms with Gasteiger partial charge < -0.3 is 14.8 Å². The predicted octanol–water partition coefficient (Wildman–Crippen LogP) is 3.31. The molecule has 0 bridgehead atoms. The van der Waals surface area contributed by atoms with E-state index in [1.165, 1.54) is 16.7 Å². The molecule has 0 heterocycles. The average Bonchev–Trinajstić information content (AvgIpc) is 2.51. The van der Waals surface area contributed by atoms with Crippen molar-refractivity contribution in [2.45, 2.75) is 20.1 Å². The molecule has 0 saturated heterocycles. The van der Waals surface area contributed by atoms with Crippen molar-refractivity contribution in [3.63, 3.8) is 0 Å². The topological polar surface area (TPSA) is 30.5 Å². The van der Waals surface area contributed by atoms with Gasteiger partial charge in [0.2, 0.25) is 0 Å². The van der Waals surface area contributed by atoms with Gasteiger partial charge in [0.05, 0.1) is 6.61 Å². The molecule has 112 valence electrons. The second-order valence-electron chi connectivity index (χ2n) is 5.09. The Morgan fingerprint density at radius 2 is 1.81 bits per heavy atom. The molecule has 0 fully saturated rings. The molecule has 0 atom stereocenters. The molecule has 3 heteroatoms. The molecule has 0 spiro atoms. The van der Waals surface area contributed by atoms with Crippen LogP contribution in [-0.2, 0) is 17.9 Å². The summed E-state index contributed by atoms with van der Waals surface area (Å²) in [7, 11) is 1.71. The first kappa shape index (κ1) is 15.5. The van der Waals surface area contributed by atoms with Gasteiger partial charge in [0.25, 0.3) is 0 Å². The smallest absolute Gasteiger partial charge is 0.119 e. The summed E-state index contributed by atoms with van der Waals surface area (Å²) in [5.74, 6) is 0.900. The van der Waals surface area contributed by atoms with Crippen LogP contribution in [-0.4, -0.2) is 20.3 Å². The van der Waals surface area contributed by atoms with E-state index in [4.69, 9.17) is 9.47 Å². The summed E-state index contributed by atoms with van der Waals surface area (Å²) in [4.78, 5) is 0. The summed E-state index contributed by atoms with van der Waals surface area (Å²) in [6, 6.07) is 16.6. The Bertz CT molecular complexity index is 537. The predicted molar refractivity (Wildman–Crippen MR) is 85.5 cm³/mol. The first-order valence-corrected chi connectivity index (χ1v) is 7.25. The van der Waals surface area contributed by atoms with Crippen LogP contribution in [0.25, 0.3) is 0 Å². The fourth-order valence-corrected chi connectivity index (χ4v) is 2.08. The molecule has 0 aliphatic carbocycles. The molecule has 0 aromatic heterocycles. The van der Waals surface area contributed by atoms with E-state index in [1.807, 2.05) is 12.1 Å². The van der Waals surface area contributed by atoms with E-state index in [0.717, 1.165) is 25.4 Å². The highest BCUT2D eigenvalue weighted by molar-refractivity contribution is 5.28. The molecule has 2 rings (SSSR count). The number of ether oxygens (including phenoxy) is 2. The fourth-order valence-electron chi connectivity index (χ4n) is 2.08. The highest BCUT2D eigenvalue weighted by Crippen LogP contribution is 2.14. The molecule has 0 aliphatic heterocycles. The van der Waals surface area contributed by atoms with Crippen molar-refractivity contribution >= 4 is 0 Å². The van der Waals surface area contributed by atoms with Crippen molar-refractivity contribution in [3.05, 3.63) is 65.2 Å². The Kier molecular flexibility index (Phi) is 6.25. The van der Waals surface area contributed by atoms with Crippen LogP contribution in [0, 0.1) is 6.92 Å². The van der Waals surface area contributed by atoms with Gasteiger partial charge in [-0.15, -0.1) is 0 Å². The first-order chi connectivity index (χ1) is 10.3. The average molecular weight is 285 g/mol. The zero-order chi connectivity index (χ0) is 14.9. The number of aryl methyl sites for hydroxylation is 1. The molecule has 21 heavy (non-hydrogen) atoms. The summed E-state index contributed by atoms with van der Waals surface area (Å²) < 4.78 is 10.8. The minimum Gasteiger partial charge on any atom is -0.489 e. The van der Waals surface area contributed by atoms with E-state index in [9.17, 15) is 0 Å². The SMILES string of the molecule is COCCNCc1ccc(OCc2cccc(C)c2)cc1. The summed E-state index contributed by atoms with van der Waals surface area (Å²) in [6.45, 7) is 5.14.